The number of carbonyl (C=O) groups excluding carboxylic acids is 1. The van der Waals surface area contributed by atoms with Gasteiger partial charge in [-0.15, -0.1) is 11.8 Å². The molecule has 0 aromatic heterocycles. The number of amides is 2. The summed E-state index contributed by atoms with van der Waals surface area (Å²) in [5.41, 5.74) is 7.42. The number of rotatable bonds is 3. The van der Waals surface area contributed by atoms with E-state index in [-0.39, 0.29) is 11.4 Å². The fourth-order valence-electron chi connectivity index (χ4n) is 2.45. The molecule has 4 nitrogen and oxygen atoms in total. The van der Waals surface area contributed by atoms with Gasteiger partial charge in [0.2, 0.25) is 0 Å². The quantitative estimate of drug-likeness (QED) is 0.526. The van der Waals surface area contributed by atoms with Crippen LogP contribution >= 0.6 is 58.2 Å². The molecule has 1 aliphatic rings. The maximum Gasteiger partial charge on any atom is 0.326 e. The Balaban J connectivity index is 1.77. The Kier molecular flexibility index (Phi) is 6.15. The van der Waals surface area contributed by atoms with Crippen molar-refractivity contribution < 1.29 is 4.79 Å². The number of thioether (sulfide) groups is 1. The Labute approximate surface area is 175 Å². The molecule has 3 rings (SSSR count). The zero-order valence-corrected chi connectivity index (χ0v) is 17.0. The number of carbonyl (C=O) groups is 1. The lowest BCUT2D eigenvalue weighted by Gasteiger charge is -2.24. The fourth-order valence-corrected chi connectivity index (χ4v) is 4.28. The molecule has 3 N–H and O–H groups in total. The van der Waals surface area contributed by atoms with Crippen molar-refractivity contribution in [2.45, 2.75) is 11.8 Å². The van der Waals surface area contributed by atoms with Crippen LogP contribution < -0.4 is 11.1 Å². The highest BCUT2D eigenvalue weighted by Crippen LogP contribution is 2.35. The number of anilines is 2. The van der Waals surface area contributed by atoms with Crippen LogP contribution in [0.2, 0.25) is 20.1 Å². The van der Waals surface area contributed by atoms with Crippen molar-refractivity contribution in [3.05, 3.63) is 67.6 Å². The normalized spacial score (nSPS) is 16.2. The minimum absolute atomic E-state index is 0.184. The van der Waals surface area contributed by atoms with E-state index in [1.165, 1.54) is 23.9 Å². The molecule has 0 radical (unpaired) electrons. The third-order valence-corrected chi connectivity index (χ3v) is 6.19. The number of benzene rings is 2. The van der Waals surface area contributed by atoms with E-state index >= 15 is 0 Å². The molecule has 26 heavy (non-hydrogen) atoms. The third-order valence-electron chi connectivity index (χ3n) is 3.78. The van der Waals surface area contributed by atoms with Crippen LogP contribution in [0.3, 0.4) is 0 Å². The number of nitrogens with two attached hydrogens (primary N) is 1. The maximum absolute atomic E-state index is 12.7. The van der Waals surface area contributed by atoms with Gasteiger partial charge in [0, 0.05) is 22.7 Å². The number of hydrogen-bond acceptors (Lipinski definition) is 3. The lowest BCUT2D eigenvalue weighted by atomic mass is 10.1. The van der Waals surface area contributed by atoms with E-state index in [1.807, 2.05) is 5.41 Å². The Bertz CT molecular complexity index is 870. The summed E-state index contributed by atoms with van der Waals surface area (Å²) in [6, 6.07) is 8.00. The van der Waals surface area contributed by atoms with Crippen LogP contribution in [0.15, 0.2) is 41.9 Å². The van der Waals surface area contributed by atoms with E-state index in [2.05, 4.69) is 5.32 Å². The van der Waals surface area contributed by atoms with Gasteiger partial charge < -0.3 is 11.1 Å². The highest BCUT2D eigenvalue weighted by molar-refractivity contribution is 8.02. The van der Waals surface area contributed by atoms with Gasteiger partial charge in [0.05, 0.1) is 26.8 Å². The SMILES string of the molecule is Nc1cc(Cl)c(Cl)cc1NC(=O)N1C=CSC1Cc1c(Cl)cccc1Cl. The Morgan fingerprint density at radius 3 is 2.46 bits per heavy atom. The molecule has 0 aliphatic carbocycles. The fraction of sp³-hybridized carbons (Fsp3) is 0.118. The van der Waals surface area contributed by atoms with E-state index < -0.39 is 0 Å². The standard InChI is InChI=1S/C17H13Cl4N3OS/c18-10-2-1-3-11(19)9(10)6-16-24(4-5-26-16)17(25)23-15-8-13(21)12(20)7-14(15)22/h1-5,7-8,16H,6,22H2,(H,23,25). The van der Waals surface area contributed by atoms with Gasteiger partial charge in [0.15, 0.2) is 0 Å². The minimum atomic E-state index is -0.343. The molecule has 2 amide bonds. The largest absolute Gasteiger partial charge is 0.397 e. The monoisotopic (exact) mass is 447 g/mol. The highest BCUT2D eigenvalue weighted by Gasteiger charge is 2.28. The minimum Gasteiger partial charge on any atom is -0.397 e. The van der Waals surface area contributed by atoms with Gasteiger partial charge in [-0.25, -0.2) is 4.79 Å². The van der Waals surface area contributed by atoms with Crippen LogP contribution in [-0.2, 0) is 6.42 Å². The molecule has 136 valence electrons. The van der Waals surface area contributed by atoms with E-state index in [1.54, 1.807) is 29.3 Å². The topological polar surface area (TPSA) is 58.4 Å². The molecule has 1 aliphatic heterocycles. The van der Waals surface area contributed by atoms with Gasteiger partial charge in [-0.3, -0.25) is 4.90 Å². The molecule has 2 aromatic carbocycles. The van der Waals surface area contributed by atoms with Crippen LogP contribution in [0.1, 0.15) is 5.56 Å². The lowest BCUT2D eigenvalue weighted by Crippen LogP contribution is -2.36. The zero-order chi connectivity index (χ0) is 18.8. The van der Waals surface area contributed by atoms with E-state index in [0.717, 1.165) is 5.56 Å². The predicted octanol–water partition coefficient (Wildman–Crippen LogP) is 6.50. The second-order valence-electron chi connectivity index (χ2n) is 5.47. The van der Waals surface area contributed by atoms with Crippen molar-refractivity contribution >= 4 is 75.6 Å². The summed E-state index contributed by atoms with van der Waals surface area (Å²) >= 11 is 25.9. The van der Waals surface area contributed by atoms with Crippen molar-refractivity contribution in [2.24, 2.45) is 0 Å². The summed E-state index contributed by atoms with van der Waals surface area (Å²) in [5.74, 6) is 0. The second-order valence-corrected chi connectivity index (χ2v) is 8.19. The Morgan fingerprint density at radius 2 is 1.77 bits per heavy atom. The van der Waals surface area contributed by atoms with E-state index in [0.29, 0.717) is 37.9 Å². The molecule has 9 heteroatoms. The van der Waals surface area contributed by atoms with Crippen molar-refractivity contribution in [3.63, 3.8) is 0 Å². The number of nitrogens with one attached hydrogen (secondary N) is 1. The average Bonchev–Trinajstić information content (AvgIpc) is 3.04. The first kappa shape index (κ1) is 19.5. The van der Waals surface area contributed by atoms with E-state index in [9.17, 15) is 4.79 Å². The van der Waals surface area contributed by atoms with Crippen LogP contribution in [0.25, 0.3) is 0 Å². The number of halogens is 4. The summed E-state index contributed by atoms with van der Waals surface area (Å²) in [6.07, 6.45) is 2.20. The van der Waals surface area contributed by atoms with Crippen molar-refractivity contribution in [1.29, 1.82) is 0 Å². The molecule has 1 unspecified atom stereocenters. The van der Waals surface area contributed by atoms with Gasteiger partial charge in [0.1, 0.15) is 0 Å². The summed E-state index contributed by atoms with van der Waals surface area (Å²) < 4.78 is 0. The van der Waals surface area contributed by atoms with Crippen LogP contribution in [0, 0.1) is 0 Å². The number of hydrogen-bond donors (Lipinski definition) is 2. The molecule has 2 aromatic rings. The van der Waals surface area contributed by atoms with Crippen LogP contribution in [-0.4, -0.2) is 16.3 Å². The molecule has 1 atom stereocenters. The molecular weight excluding hydrogens is 436 g/mol. The maximum atomic E-state index is 12.7. The highest BCUT2D eigenvalue weighted by atomic mass is 35.5. The third kappa shape index (κ3) is 4.18. The summed E-state index contributed by atoms with van der Waals surface area (Å²) in [5, 5.41) is 6.18. The second kappa shape index (κ2) is 8.19. The molecular formula is C17H13Cl4N3OS. The summed E-state index contributed by atoms with van der Waals surface area (Å²) in [4.78, 5) is 14.2. The van der Waals surface area contributed by atoms with Crippen molar-refractivity contribution in [1.82, 2.24) is 4.90 Å². The predicted molar refractivity (Wildman–Crippen MR) is 112 cm³/mol. The molecule has 0 bridgehead atoms. The first-order chi connectivity index (χ1) is 12.4. The van der Waals surface area contributed by atoms with Gasteiger partial charge >= 0.3 is 6.03 Å². The molecule has 1 heterocycles. The van der Waals surface area contributed by atoms with Crippen LogP contribution in [0.4, 0.5) is 16.2 Å². The summed E-state index contributed by atoms with van der Waals surface area (Å²) in [7, 11) is 0. The van der Waals surface area contributed by atoms with Crippen molar-refractivity contribution in [2.75, 3.05) is 11.1 Å². The summed E-state index contributed by atoms with van der Waals surface area (Å²) in [6.45, 7) is 0. The number of nitrogens with zero attached hydrogens (tertiary/aromatic N) is 1. The van der Waals surface area contributed by atoms with E-state index in [4.69, 9.17) is 52.1 Å². The van der Waals surface area contributed by atoms with Crippen molar-refractivity contribution in [3.8, 4) is 0 Å². The van der Waals surface area contributed by atoms with Gasteiger partial charge in [-0.1, -0.05) is 52.5 Å². The average molecular weight is 449 g/mol. The lowest BCUT2D eigenvalue weighted by molar-refractivity contribution is 0.226. The Morgan fingerprint density at radius 1 is 1.12 bits per heavy atom. The number of nitrogen functional groups attached to an aromatic ring is 1. The smallest absolute Gasteiger partial charge is 0.326 e. The number of urea groups is 1. The zero-order valence-electron chi connectivity index (χ0n) is 13.2. The molecule has 0 saturated carbocycles. The molecule has 0 saturated heterocycles. The van der Waals surface area contributed by atoms with Gasteiger partial charge in [0.25, 0.3) is 0 Å². The van der Waals surface area contributed by atoms with Crippen LogP contribution in [0.5, 0.6) is 0 Å². The first-order valence-corrected chi connectivity index (χ1v) is 9.91. The first-order valence-electron chi connectivity index (χ1n) is 7.45. The molecule has 0 spiro atoms. The van der Waals surface area contributed by atoms with Gasteiger partial charge in [-0.2, -0.15) is 0 Å². The van der Waals surface area contributed by atoms with Gasteiger partial charge in [-0.05, 0) is 35.2 Å². The Hall–Kier alpha value is -1.24. The molecule has 0 fully saturated rings.